The lowest BCUT2D eigenvalue weighted by molar-refractivity contribution is -0.112. The van der Waals surface area contributed by atoms with E-state index in [1.807, 2.05) is 68.4 Å². The van der Waals surface area contributed by atoms with Gasteiger partial charge in [-0.25, -0.2) is 0 Å². The van der Waals surface area contributed by atoms with Crippen LogP contribution in [0.15, 0.2) is 66.2 Å². The van der Waals surface area contributed by atoms with E-state index in [1.54, 1.807) is 12.1 Å². The van der Waals surface area contributed by atoms with Crippen molar-refractivity contribution in [2.24, 2.45) is 0 Å². The van der Waals surface area contributed by atoms with Crippen LogP contribution >= 0.6 is 11.6 Å². The molecule has 0 atom stereocenters. The average Bonchev–Trinajstić information content (AvgIpc) is 2.82. The zero-order chi connectivity index (χ0) is 23.8. The summed E-state index contributed by atoms with van der Waals surface area (Å²) in [7, 11) is 1.51. The Bertz CT molecular complexity index is 1210. The van der Waals surface area contributed by atoms with Gasteiger partial charge in [0.1, 0.15) is 18.2 Å². The highest BCUT2D eigenvalue weighted by atomic mass is 35.5. The lowest BCUT2D eigenvalue weighted by Gasteiger charge is -2.14. The van der Waals surface area contributed by atoms with Gasteiger partial charge in [-0.05, 0) is 54.3 Å². The Hall–Kier alpha value is -3.75. The summed E-state index contributed by atoms with van der Waals surface area (Å²) in [5.41, 5.74) is 4.34. The molecular formula is C27H25ClN2O3. The van der Waals surface area contributed by atoms with Gasteiger partial charge in [-0.15, -0.1) is 0 Å². The van der Waals surface area contributed by atoms with Gasteiger partial charge in [0.05, 0.1) is 12.1 Å². The second-order valence-corrected chi connectivity index (χ2v) is 7.85. The Kier molecular flexibility index (Phi) is 8.12. The van der Waals surface area contributed by atoms with Gasteiger partial charge in [0.25, 0.3) is 5.91 Å². The molecule has 0 heterocycles. The molecule has 0 bridgehead atoms. The monoisotopic (exact) mass is 460 g/mol. The first-order chi connectivity index (χ1) is 15.9. The van der Waals surface area contributed by atoms with E-state index >= 15 is 0 Å². The Morgan fingerprint density at radius 1 is 1.15 bits per heavy atom. The van der Waals surface area contributed by atoms with Crippen LogP contribution in [0.1, 0.15) is 29.2 Å². The molecule has 3 aromatic rings. The number of anilines is 1. The fourth-order valence-corrected chi connectivity index (χ4v) is 3.53. The topological polar surface area (TPSA) is 71.4 Å². The maximum absolute atomic E-state index is 12.7. The summed E-state index contributed by atoms with van der Waals surface area (Å²) in [4.78, 5) is 12.7. The fraction of sp³-hybridized carbons (Fsp3) is 0.185. The Balaban J connectivity index is 1.82. The van der Waals surface area contributed by atoms with Gasteiger partial charge in [-0.2, -0.15) is 5.26 Å². The van der Waals surface area contributed by atoms with Gasteiger partial charge in [0.15, 0.2) is 11.5 Å². The van der Waals surface area contributed by atoms with Crippen LogP contribution in [-0.4, -0.2) is 13.0 Å². The molecule has 168 valence electrons. The predicted molar refractivity (Wildman–Crippen MR) is 132 cm³/mol. The van der Waals surface area contributed by atoms with Gasteiger partial charge in [0, 0.05) is 5.69 Å². The summed E-state index contributed by atoms with van der Waals surface area (Å²) in [6.45, 7) is 4.35. The smallest absolute Gasteiger partial charge is 0.266 e. The van der Waals surface area contributed by atoms with Crippen molar-refractivity contribution in [1.82, 2.24) is 0 Å². The summed E-state index contributed by atoms with van der Waals surface area (Å²) in [5.74, 6) is 0.319. The molecule has 1 N–H and O–H groups in total. The van der Waals surface area contributed by atoms with E-state index in [1.165, 1.54) is 18.7 Å². The van der Waals surface area contributed by atoms with Gasteiger partial charge in [-0.3, -0.25) is 4.79 Å². The normalized spacial score (nSPS) is 10.9. The van der Waals surface area contributed by atoms with Crippen molar-refractivity contribution < 1.29 is 14.3 Å². The number of hydrogen-bond donors (Lipinski definition) is 1. The molecule has 0 aliphatic rings. The second-order valence-electron chi connectivity index (χ2n) is 7.44. The Morgan fingerprint density at radius 3 is 2.55 bits per heavy atom. The molecule has 0 spiro atoms. The molecule has 3 aromatic carbocycles. The number of carbonyl (C=O) groups is 1. The van der Waals surface area contributed by atoms with Gasteiger partial charge < -0.3 is 14.8 Å². The highest BCUT2D eigenvalue weighted by Gasteiger charge is 2.15. The zero-order valence-electron chi connectivity index (χ0n) is 18.8. The fourth-order valence-electron chi connectivity index (χ4n) is 3.26. The highest BCUT2D eigenvalue weighted by molar-refractivity contribution is 6.32. The molecule has 0 fully saturated rings. The molecule has 0 saturated heterocycles. The van der Waals surface area contributed by atoms with Gasteiger partial charge in [0.2, 0.25) is 0 Å². The number of hydrogen-bond acceptors (Lipinski definition) is 4. The number of halogens is 1. The van der Waals surface area contributed by atoms with E-state index in [9.17, 15) is 10.1 Å². The number of benzene rings is 3. The average molecular weight is 461 g/mol. The van der Waals surface area contributed by atoms with Crippen molar-refractivity contribution in [2.75, 3.05) is 12.4 Å². The summed E-state index contributed by atoms with van der Waals surface area (Å²) in [6.07, 6.45) is 2.24. The van der Waals surface area contributed by atoms with Crippen LogP contribution in [0.5, 0.6) is 11.5 Å². The molecule has 0 aliphatic heterocycles. The maximum Gasteiger partial charge on any atom is 0.266 e. The third kappa shape index (κ3) is 6.15. The standard InChI is InChI=1S/C27H25ClN2O3/c1-4-21-7-5-6-8-24(21)30-27(31)22(16-29)13-20-14-23(28)26(25(15-20)32-3)33-17-19-11-9-18(2)10-12-19/h5-15H,4,17H2,1-3H3,(H,30,31)/b22-13+. The summed E-state index contributed by atoms with van der Waals surface area (Å²) < 4.78 is 11.4. The number of nitrogens with zero attached hydrogens (tertiary/aromatic N) is 1. The Labute approximate surface area is 199 Å². The predicted octanol–water partition coefficient (Wildman–Crippen LogP) is 6.34. The lowest BCUT2D eigenvalue weighted by atomic mass is 10.1. The van der Waals surface area contributed by atoms with Crippen LogP contribution in [0.3, 0.4) is 0 Å². The van der Waals surface area contributed by atoms with E-state index < -0.39 is 5.91 Å². The van der Waals surface area contributed by atoms with Gasteiger partial charge >= 0.3 is 0 Å². The van der Waals surface area contributed by atoms with E-state index in [2.05, 4.69) is 5.32 Å². The van der Waals surface area contributed by atoms with Crippen molar-refractivity contribution in [1.29, 1.82) is 5.26 Å². The molecule has 0 radical (unpaired) electrons. The molecule has 0 unspecified atom stereocenters. The Morgan fingerprint density at radius 2 is 1.88 bits per heavy atom. The van der Waals surface area contributed by atoms with Crippen molar-refractivity contribution in [3.63, 3.8) is 0 Å². The van der Waals surface area contributed by atoms with Crippen LogP contribution in [-0.2, 0) is 17.8 Å². The summed E-state index contributed by atoms with van der Waals surface area (Å²) in [6, 6.07) is 20.8. The molecule has 6 heteroatoms. The van der Waals surface area contributed by atoms with Crippen LogP contribution < -0.4 is 14.8 Å². The third-order valence-electron chi connectivity index (χ3n) is 5.08. The number of ether oxygens (including phenoxy) is 2. The number of aryl methyl sites for hydroxylation is 2. The van der Waals surface area contributed by atoms with Crippen LogP contribution in [0.2, 0.25) is 5.02 Å². The molecule has 3 rings (SSSR count). The third-order valence-corrected chi connectivity index (χ3v) is 5.36. The molecule has 1 amide bonds. The summed E-state index contributed by atoms with van der Waals surface area (Å²) in [5, 5.41) is 12.7. The van der Waals surface area contributed by atoms with Crippen LogP contribution in [0, 0.1) is 18.3 Å². The number of nitrogens with one attached hydrogen (secondary N) is 1. The molecule has 33 heavy (non-hydrogen) atoms. The van der Waals surface area contributed by atoms with E-state index in [4.69, 9.17) is 21.1 Å². The number of nitriles is 1. The minimum Gasteiger partial charge on any atom is -0.493 e. The van der Waals surface area contributed by atoms with Gasteiger partial charge in [-0.1, -0.05) is 66.6 Å². The largest absolute Gasteiger partial charge is 0.493 e. The number of carbonyl (C=O) groups excluding carboxylic acids is 1. The molecule has 0 aliphatic carbocycles. The quantitative estimate of drug-likeness (QED) is 0.314. The van der Waals surface area contributed by atoms with Crippen LogP contribution in [0.4, 0.5) is 5.69 Å². The summed E-state index contributed by atoms with van der Waals surface area (Å²) >= 11 is 6.46. The lowest BCUT2D eigenvalue weighted by Crippen LogP contribution is -2.14. The molecule has 0 saturated carbocycles. The molecular weight excluding hydrogens is 436 g/mol. The minimum absolute atomic E-state index is 0.0488. The van der Waals surface area contributed by atoms with E-state index in [-0.39, 0.29) is 5.57 Å². The SMILES string of the molecule is CCc1ccccc1NC(=O)/C(C#N)=C/c1cc(Cl)c(OCc2ccc(C)cc2)c(OC)c1. The number of amides is 1. The number of rotatable bonds is 8. The zero-order valence-corrected chi connectivity index (χ0v) is 19.6. The number of para-hydroxylation sites is 1. The van der Waals surface area contributed by atoms with Crippen LogP contribution in [0.25, 0.3) is 6.08 Å². The van der Waals surface area contributed by atoms with Crippen molar-refractivity contribution >= 4 is 29.3 Å². The molecule has 0 aromatic heterocycles. The van der Waals surface area contributed by atoms with E-state index in [0.29, 0.717) is 34.4 Å². The maximum atomic E-state index is 12.7. The highest BCUT2D eigenvalue weighted by Crippen LogP contribution is 2.37. The second kappa shape index (κ2) is 11.2. The first-order valence-corrected chi connectivity index (χ1v) is 10.9. The van der Waals surface area contributed by atoms with Crippen molar-refractivity contribution in [3.05, 3.63) is 93.5 Å². The minimum atomic E-state index is -0.492. The number of methoxy groups -OCH3 is 1. The first kappa shape index (κ1) is 23.9. The van der Waals surface area contributed by atoms with Crippen molar-refractivity contribution in [3.8, 4) is 17.6 Å². The molecule has 5 nitrogen and oxygen atoms in total. The van der Waals surface area contributed by atoms with E-state index in [0.717, 1.165) is 17.5 Å². The van der Waals surface area contributed by atoms with Crippen molar-refractivity contribution in [2.45, 2.75) is 26.9 Å². The first-order valence-electron chi connectivity index (χ1n) is 10.5.